The fourth-order valence-electron chi connectivity index (χ4n) is 20.0. The Morgan fingerprint density at radius 3 is 0.854 bits per heavy atom. The fraction of sp³-hybridized carbons (Fsp3) is 0.190. The van der Waals surface area contributed by atoms with Gasteiger partial charge in [0.25, 0.3) is 6.71 Å². The van der Waals surface area contributed by atoms with Crippen molar-refractivity contribution in [3.63, 3.8) is 0 Å². The molecule has 0 saturated carbocycles. The van der Waals surface area contributed by atoms with E-state index >= 15 is 0 Å². The van der Waals surface area contributed by atoms with E-state index in [0.717, 1.165) is 150 Å². The summed E-state index contributed by atoms with van der Waals surface area (Å²) in [5, 5.41) is 2.16. The molecule has 0 aliphatic carbocycles. The minimum absolute atomic E-state index is 0.0195. The van der Waals surface area contributed by atoms with Gasteiger partial charge < -0.3 is 18.9 Å². The van der Waals surface area contributed by atoms with Crippen LogP contribution in [0.3, 0.4) is 0 Å². The van der Waals surface area contributed by atoms with Gasteiger partial charge in [-0.25, -0.2) is 29.9 Å². The molecule has 0 fully saturated rings. The van der Waals surface area contributed by atoms with Crippen molar-refractivity contribution in [1.82, 2.24) is 39.0 Å². The van der Waals surface area contributed by atoms with Crippen LogP contribution in [0.15, 0.2) is 358 Å². The largest absolute Gasteiger partial charge is 0.310 e. The van der Waals surface area contributed by atoms with Crippen LogP contribution in [-0.4, -0.2) is 45.8 Å². The van der Waals surface area contributed by atoms with Gasteiger partial charge in [0.15, 0.2) is 34.9 Å². The van der Waals surface area contributed by atoms with Crippen LogP contribution in [0, 0.1) is 0 Å². The molecule has 0 bridgehead atoms. The van der Waals surface area contributed by atoms with Gasteiger partial charge >= 0.3 is 0 Å². The van der Waals surface area contributed by atoms with Crippen molar-refractivity contribution in [2.24, 2.45) is 0 Å². The summed E-state index contributed by atoms with van der Waals surface area (Å²) >= 11 is 0. The van der Waals surface area contributed by atoms with E-state index in [1.54, 1.807) is 4.57 Å². The quantitative estimate of drug-likeness (QED) is 0.105. The monoisotopic (exact) mass is 1780 g/mol. The molecule has 0 N–H and O–H groups in total. The zero-order valence-electron chi connectivity index (χ0n) is 89.0. The van der Waals surface area contributed by atoms with Gasteiger partial charge in [0, 0.05) is 100 Å². The van der Waals surface area contributed by atoms with Gasteiger partial charge in [0.05, 0.1) is 44.4 Å². The van der Waals surface area contributed by atoms with Gasteiger partial charge in [-0.1, -0.05) is 385 Å². The fourth-order valence-corrected chi connectivity index (χ4v) is 20.0. The average molecular weight is 1790 g/mol. The minimum Gasteiger partial charge on any atom is -0.310 e. The molecule has 0 amide bonds. The van der Waals surface area contributed by atoms with Gasteiger partial charge in [-0.15, -0.1) is 0 Å². The molecule has 0 atom stereocenters. The zero-order valence-corrected chi connectivity index (χ0v) is 81.0. The lowest BCUT2D eigenvalue weighted by Gasteiger charge is -2.46. The molecular formula is C126H113BN10. The molecule has 0 spiro atoms. The lowest BCUT2D eigenvalue weighted by atomic mass is 9.33. The van der Waals surface area contributed by atoms with E-state index in [2.05, 4.69) is 339 Å². The Hall–Kier alpha value is -15.2. The molecule has 4 aromatic heterocycles. The number of benzene rings is 16. The summed E-state index contributed by atoms with van der Waals surface area (Å²) in [4.78, 5) is 39.2. The van der Waals surface area contributed by atoms with Gasteiger partial charge in [-0.3, -0.25) is 0 Å². The summed E-state index contributed by atoms with van der Waals surface area (Å²) in [6, 6.07) is 106. The first-order chi connectivity index (χ1) is 69.0. The second-order valence-corrected chi connectivity index (χ2v) is 43.0. The maximum Gasteiger partial charge on any atom is 0.252 e. The molecule has 22 rings (SSSR count). The Bertz CT molecular complexity index is 8410. The van der Waals surface area contributed by atoms with Gasteiger partial charge in [0.1, 0.15) is 0 Å². The lowest BCUT2D eigenvalue weighted by molar-refractivity contribution is 0.569. The second kappa shape index (κ2) is 32.8. The molecule has 0 unspecified atom stereocenters. The highest BCUT2D eigenvalue weighted by Crippen LogP contribution is 2.57. The number of hydrogen-bond acceptors (Lipinski definition) is 8. The van der Waals surface area contributed by atoms with E-state index in [4.69, 9.17) is 29.9 Å². The topological polar surface area (TPSA) is 93.7 Å². The highest BCUT2D eigenvalue weighted by atomic mass is 15.2. The third kappa shape index (κ3) is 15.6. The van der Waals surface area contributed by atoms with E-state index in [1.165, 1.54) is 11.1 Å². The number of anilines is 6. The highest BCUT2D eigenvalue weighted by molar-refractivity contribution is 7.00. The Kier molecular flexibility index (Phi) is 18.7. The number of rotatable bonds is 13. The zero-order chi connectivity index (χ0) is 102. The molecule has 16 aromatic carbocycles. The van der Waals surface area contributed by atoms with E-state index in [1.807, 2.05) is 109 Å². The molecule has 2 aliphatic rings. The first kappa shape index (κ1) is 78.2. The summed E-state index contributed by atoms with van der Waals surface area (Å²) in [5.74, 6) is 2.66. The summed E-state index contributed by atoms with van der Waals surface area (Å²) in [7, 11) is 0. The van der Waals surface area contributed by atoms with Crippen LogP contribution in [0.4, 0.5) is 34.1 Å². The Morgan fingerprint density at radius 2 is 0.518 bits per heavy atom. The normalized spacial score (nSPS) is 13.8. The molecule has 0 radical (unpaired) electrons. The molecule has 2 aliphatic heterocycles. The van der Waals surface area contributed by atoms with Crippen LogP contribution in [0.2, 0.25) is 0 Å². The van der Waals surface area contributed by atoms with E-state index < -0.39 is 65.9 Å². The van der Waals surface area contributed by atoms with Crippen molar-refractivity contribution >= 4 is 101 Å². The van der Waals surface area contributed by atoms with Gasteiger partial charge in [-0.05, 0) is 202 Å². The SMILES string of the molecule is [2H]c1c([2H])c([2H])c2c(c1[2H])c1c([2H])c([2H])c([2H])c([2H])c1n2-c1ccc2c(c1)N(c1c(-c3ccccc3)cc(C(C)(C)C)cc1-c1nc(-c3ccccc3)nc(-c3ccccc3)n1)c1cc(-c3cc(C(C)(C)C)cc(C(C)(C)C)c3)cc3c1B2c1ccc(-n2c4ccc(C(C)(C)C)cc4c4cc(C(C)(C)C)ccc42)cc1N3c1c(-c2ccccc2)cc(C(C)(C)C)cc1-c1nc(-c2ccccc2)nc(-c2ccccc2)n1. The molecule has 137 heavy (non-hydrogen) atoms. The summed E-state index contributed by atoms with van der Waals surface area (Å²) in [5.41, 5.74) is 24.7. The first-order valence-corrected chi connectivity index (χ1v) is 47.6. The minimum atomic E-state index is -0.728. The number of fused-ring (bicyclic) bond motifs is 10. The van der Waals surface area contributed by atoms with Gasteiger partial charge in [0.2, 0.25) is 0 Å². The smallest absolute Gasteiger partial charge is 0.252 e. The number of aromatic nitrogens is 8. The van der Waals surface area contributed by atoms with E-state index in [0.29, 0.717) is 57.6 Å². The van der Waals surface area contributed by atoms with E-state index in [-0.39, 0.29) is 43.5 Å². The molecule has 10 nitrogen and oxygen atoms in total. The molecule has 670 valence electrons. The van der Waals surface area contributed by atoms with Crippen LogP contribution in [-0.2, 0) is 32.5 Å². The number of nitrogens with zero attached hydrogens (tertiary/aromatic N) is 10. The number of hydrogen-bond donors (Lipinski definition) is 0. The van der Waals surface area contributed by atoms with Crippen LogP contribution < -0.4 is 26.2 Å². The molecular weight excluding hydrogens is 1660 g/mol. The highest BCUT2D eigenvalue weighted by Gasteiger charge is 2.47. The third-order valence-corrected chi connectivity index (χ3v) is 27.5. The molecule has 6 heterocycles. The Balaban J connectivity index is 0.989. The van der Waals surface area contributed by atoms with Crippen LogP contribution in [0.1, 0.15) is 169 Å². The van der Waals surface area contributed by atoms with Gasteiger partial charge in [-0.2, -0.15) is 0 Å². The maximum absolute atomic E-state index is 10.2. The Labute approximate surface area is 816 Å². The second-order valence-electron chi connectivity index (χ2n) is 43.0. The number of para-hydroxylation sites is 2. The third-order valence-electron chi connectivity index (χ3n) is 27.5. The molecule has 20 aromatic rings. The van der Waals surface area contributed by atoms with Crippen molar-refractivity contribution in [1.29, 1.82) is 0 Å². The molecule has 0 saturated heterocycles. The summed E-state index contributed by atoms with van der Waals surface area (Å²) in [6.45, 7) is 40.2. The Morgan fingerprint density at radius 1 is 0.226 bits per heavy atom. The average Bonchev–Trinajstić information content (AvgIpc) is 1.67. The van der Waals surface area contributed by atoms with Crippen LogP contribution in [0.5, 0.6) is 0 Å². The molecule has 11 heteroatoms. The first-order valence-electron chi connectivity index (χ1n) is 51.6. The maximum atomic E-state index is 10.2. The summed E-state index contributed by atoms with van der Waals surface area (Å²) in [6.07, 6.45) is 0. The van der Waals surface area contributed by atoms with Crippen molar-refractivity contribution in [2.75, 3.05) is 9.80 Å². The lowest BCUT2D eigenvalue weighted by Crippen LogP contribution is -2.61. The van der Waals surface area contributed by atoms with Crippen molar-refractivity contribution in [3.8, 4) is 113 Å². The van der Waals surface area contributed by atoms with Crippen LogP contribution in [0.25, 0.3) is 157 Å². The summed E-state index contributed by atoms with van der Waals surface area (Å²) < 4.78 is 82.5. The predicted octanol–water partition coefficient (Wildman–Crippen LogP) is 31.1. The standard InChI is InChI=1S/C126H113BN10/c1-121(2,3)86-57-63-106-98(70-86)99-71-87(122(4,5)6)58-64-107(99)135(106)93-60-62-103-109(77-93)137(114-97(79-43-27-20-28-44-79)73-91(126(16,17)18)75-101(114)120-132-117(82-49-33-23-34-50-82)129-118(133-120)83-51-35-24-36-52-83)111-68-85(84-65-88(123(7,8)9)69-89(66-84)124(10,11)12)67-110-112(111)127(103)102-61-59-92(134-104-55-39-37-53-94(104)95-54-38-40-56-105(95)134)76-108(102)136(110)113-96(78-41-25-19-26-42-78)72-90(125(13,14)15)74-100(113)119-130-115(80-45-29-21-30-46-80)128-116(131-119)81-47-31-22-32-48-81/h19-77H,1-18H3/i37D,38D,39D,40D,53D,54D,55D,56D. The van der Waals surface area contributed by atoms with E-state index in [9.17, 15) is 11.0 Å². The van der Waals surface area contributed by atoms with Crippen molar-refractivity contribution < 1.29 is 11.0 Å². The predicted molar refractivity (Wildman–Crippen MR) is 577 cm³/mol. The van der Waals surface area contributed by atoms with Crippen LogP contribution >= 0.6 is 0 Å². The van der Waals surface area contributed by atoms with Crippen molar-refractivity contribution in [2.45, 2.75) is 157 Å². The van der Waals surface area contributed by atoms with Crippen molar-refractivity contribution in [3.05, 3.63) is 391 Å².